The van der Waals surface area contributed by atoms with Gasteiger partial charge in [-0.25, -0.2) is 9.48 Å². The highest BCUT2D eigenvalue weighted by Gasteiger charge is 2.18. The Morgan fingerprint density at radius 2 is 1.78 bits per heavy atom. The zero-order chi connectivity index (χ0) is 16.4. The van der Waals surface area contributed by atoms with Crippen molar-refractivity contribution in [2.75, 3.05) is 0 Å². The largest absolute Gasteiger partial charge is 0.420 e. The van der Waals surface area contributed by atoms with Crippen LogP contribution in [0.5, 0.6) is 5.75 Å². The molecule has 0 N–H and O–H groups in total. The van der Waals surface area contributed by atoms with Gasteiger partial charge < -0.3 is 4.74 Å². The molecule has 1 heterocycles. The van der Waals surface area contributed by atoms with Crippen molar-refractivity contribution >= 4 is 16.7 Å². The Kier molecular flexibility index (Phi) is 3.61. The molecule has 23 heavy (non-hydrogen) atoms. The number of benzene rings is 2. The van der Waals surface area contributed by atoms with Crippen LogP contribution in [0.3, 0.4) is 0 Å². The number of carbonyl (C=O) groups excluding carboxylic acids is 1. The van der Waals surface area contributed by atoms with E-state index in [4.69, 9.17) is 10.00 Å². The number of carbonyl (C=O) groups is 1. The minimum absolute atomic E-state index is 0.0236. The summed E-state index contributed by atoms with van der Waals surface area (Å²) in [5.74, 6) is -0.570. The number of nitrogens with zero attached hydrogens (tertiary/aromatic N) is 3. The van der Waals surface area contributed by atoms with Gasteiger partial charge in [-0.2, -0.15) is 10.4 Å². The van der Waals surface area contributed by atoms with E-state index >= 15 is 0 Å². The van der Waals surface area contributed by atoms with Crippen LogP contribution < -0.4 is 10.3 Å². The maximum absolute atomic E-state index is 12.5. The van der Waals surface area contributed by atoms with E-state index in [0.717, 1.165) is 4.68 Å². The lowest BCUT2D eigenvalue weighted by molar-refractivity contribution is 0.0728. The molecule has 2 aromatic carbocycles. The lowest BCUT2D eigenvalue weighted by Gasteiger charge is -2.08. The minimum Gasteiger partial charge on any atom is -0.420 e. The number of nitriles is 1. The van der Waals surface area contributed by atoms with E-state index in [2.05, 4.69) is 5.10 Å². The number of fused-ring (bicyclic) bond motifs is 1. The molecule has 0 spiro atoms. The van der Waals surface area contributed by atoms with Crippen molar-refractivity contribution in [3.05, 3.63) is 70.1 Å². The normalized spacial score (nSPS) is 10.3. The summed E-state index contributed by atoms with van der Waals surface area (Å²) in [6.45, 7) is 0. The molecule has 0 fully saturated rings. The van der Waals surface area contributed by atoms with Crippen LogP contribution in [0.15, 0.2) is 53.3 Å². The molecule has 112 valence electrons. The van der Waals surface area contributed by atoms with Gasteiger partial charge in [-0.15, -0.1) is 0 Å². The molecule has 6 heteroatoms. The molecular formula is C17H11N3O3. The van der Waals surface area contributed by atoms with E-state index in [0.29, 0.717) is 10.8 Å². The number of aromatic nitrogens is 2. The molecule has 0 unspecified atom stereocenters. The Morgan fingerprint density at radius 1 is 1.13 bits per heavy atom. The van der Waals surface area contributed by atoms with Crippen molar-refractivity contribution in [2.24, 2.45) is 7.05 Å². The number of ether oxygens (including phenoxy) is 1. The second kappa shape index (κ2) is 5.73. The molecule has 0 saturated carbocycles. The van der Waals surface area contributed by atoms with Gasteiger partial charge in [-0.3, -0.25) is 4.79 Å². The fraction of sp³-hybridized carbons (Fsp3) is 0.0588. The molecule has 1 aromatic heterocycles. The molecule has 0 aliphatic heterocycles. The van der Waals surface area contributed by atoms with Crippen LogP contribution in [0.1, 0.15) is 16.1 Å². The summed E-state index contributed by atoms with van der Waals surface area (Å²) in [5.41, 5.74) is -0.0278. The van der Waals surface area contributed by atoms with E-state index in [9.17, 15) is 9.59 Å². The van der Waals surface area contributed by atoms with Crippen molar-refractivity contribution < 1.29 is 9.53 Å². The van der Waals surface area contributed by atoms with E-state index in [1.165, 1.54) is 13.1 Å². The number of rotatable bonds is 2. The Labute approximate surface area is 131 Å². The predicted molar refractivity (Wildman–Crippen MR) is 83.1 cm³/mol. The summed E-state index contributed by atoms with van der Waals surface area (Å²) in [6.07, 6.45) is 0. The summed E-state index contributed by atoms with van der Waals surface area (Å²) in [4.78, 5) is 24.5. The highest BCUT2D eigenvalue weighted by atomic mass is 16.5. The molecule has 3 aromatic rings. The van der Waals surface area contributed by atoms with Gasteiger partial charge in [0, 0.05) is 12.4 Å². The fourth-order valence-electron chi connectivity index (χ4n) is 2.25. The van der Waals surface area contributed by atoms with Crippen LogP contribution in [-0.2, 0) is 7.05 Å². The summed E-state index contributed by atoms with van der Waals surface area (Å²) in [7, 11) is 1.47. The first-order chi connectivity index (χ1) is 11.1. The third kappa shape index (κ3) is 2.56. The number of hydrogen-bond donors (Lipinski definition) is 0. The summed E-state index contributed by atoms with van der Waals surface area (Å²) >= 11 is 0. The van der Waals surface area contributed by atoms with Gasteiger partial charge in [0.1, 0.15) is 11.8 Å². The number of para-hydroxylation sites is 1. The molecule has 0 saturated heterocycles. The quantitative estimate of drug-likeness (QED) is 0.534. The van der Waals surface area contributed by atoms with Crippen LogP contribution in [0.4, 0.5) is 0 Å². The summed E-state index contributed by atoms with van der Waals surface area (Å²) in [5, 5.41) is 13.8. The minimum atomic E-state index is -0.723. The lowest BCUT2D eigenvalue weighted by Crippen LogP contribution is -2.24. The smallest absolute Gasteiger partial charge is 0.364 e. The maximum atomic E-state index is 12.5. The van der Waals surface area contributed by atoms with Crippen LogP contribution in [0.25, 0.3) is 10.8 Å². The third-order valence-electron chi connectivity index (χ3n) is 3.36. The lowest BCUT2D eigenvalue weighted by atomic mass is 10.1. The zero-order valence-electron chi connectivity index (χ0n) is 12.2. The average molecular weight is 305 g/mol. The van der Waals surface area contributed by atoms with Gasteiger partial charge >= 0.3 is 5.97 Å². The molecular weight excluding hydrogens is 294 g/mol. The van der Waals surface area contributed by atoms with Gasteiger partial charge in [0.15, 0.2) is 5.69 Å². The number of esters is 1. The van der Waals surface area contributed by atoms with Gasteiger partial charge in [0.05, 0.1) is 10.9 Å². The molecule has 3 rings (SSSR count). The first-order valence-electron chi connectivity index (χ1n) is 6.79. The molecule has 6 nitrogen and oxygen atoms in total. The van der Waals surface area contributed by atoms with E-state index in [1.807, 2.05) is 6.07 Å². The Morgan fingerprint density at radius 3 is 2.52 bits per heavy atom. The SMILES string of the molecule is Cn1nc(C(=O)Oc2ccccc2C#N)c2ccccc2c1=O. The van der Waals surface area contributed by atoms with Gasteiger partial charge in [0.25, 0.3) is 5.56 Å². The Hall–Kier alpha value is -3.46. The predicted octanol–water partition coefficient (Wildman–Crippen LogP) is 2.02. The zero-order valence-corrected chi connectivity index (χ0v) is 12.2. The molecule has 0 aliphatic rings. The van der Waals surface area contributed by atoms with Gasteiger partial charge in [-0.1, -0.05) is 30.3 Å². The third-order valence-corrected chi connectivity index (χ3v) is 3.36. The van der Waals surface area contributed by atoms with Crippen molar-refractivity contribution in [2.45, 2.75) is 0 Å². The van der Waals surface area contributed by atoms with Crippen molar-refractivity contribution in [1.82, 2.24) is 9.78 Å². The van der Waals surface area contributed by atoms with Crippen LogP contribution in [-0.4, -0.2) is 15.7 Å². The van der Waals surface area contributed by atoms with E-state index in [-0.39, 0.29) is 22.6 Å². The topological polar surface area (TPSA) is 85.0 Å². The van der Waals surface area contributed by atoms with E-state index < -0.39 is 5.97 Å². The molecule has 0 bridgehead atoms. The standard InChI is InChI=1S/C17H11N3O3/c1-20-16(21)13-8-4-3-7-12(13)15(19-20)17(22)23-14-9-5-2-6-11(14)10-18/h2-9H,1H3. The second-order valence-electron chi connectivity index (χ2n) is 4.82. The molecule has 0 aliphatic carbocycles. The monoisotopic (exact) mass is 305 g/mol. The average Bonchev–Trinajstić information content (AvgIpc) is 2.58. The summed E-state index contributed by atoms with van der Waals surface area (Å²) in [6, 6.07) is 15.1. The van der Waals surface area contributed by atoms with Crippen molar-refractivity contribution in [1.29, 1.82) is 5.26 Å². The Bertz CT molecular complexity index is 1020. The van der Waals surface area contributed by atoms with E-state index in [1.54, 1.807) is 42.5 Å². The first kappa shape index (κ1) is 14.5. The second-order valence-corrected chi connectivity index (χ2v) is 4.82. The van der Waals surface area contributed by atoms with Crippen molar-refractivity contribution in [3.63, 3.8) is 0 Å². The van der Waals surface area contributed by atoms with Crippen LogP contribution in [0, 0.1) is 11.3 Å². The van der Waals surface area contributed by atoms with Gasteiger partial charge in [0.2, 0.25) is 0 Å². The highest BCUT2D eigenvalue weighted by Crippen LogP contribution is 2.20. The number of aryl methyl sites for hydroxylation is 1. The maximum Gasteiger partial charge on any atom is 0.364 e. The molecule has 0 atom stereocenters. The highest BCUT2D eigenvalue weighted by molar-refractivity contribution is 6.02. The van der Waals surface area contributed by atoms with Gasteiger partial charge in [-0.05, 0) is 18.2 Å². The summed E-state index contributed by atoms with van der Waals surface area (Å²) < 4.78 is 6.38. The molecule has 0 radical (unpaired) electrons. The van der Waals surface area contributed by atoms with Crippen molar-refractivity contribution in [3.8, 4) is 11.8 Å². The Balaban J connectivity index is 2.11. The number of hydrogen-bond acceptors (Lipinski definition) is 5. The van der Waals surface area contributed by atoms with Crippen LogP contribution >= 0.6 is 0 Å². The molecule has 0 amide bonds. The fourth-order valence-corrected chi connectivity index (χ4v) is 2.25. The first-order valence-corrected chi connectivity index (χ1v) is 6.79. The van der Waals surface area contributed by atoms with Crippen LogP contribution in [0.2, 0.25) is 0 Å².